The fourth-order valence-electron chi connectivity index (χ4n) is 1.55. The van der Waals surface area contributed by atoms with Crippen molar-refractivity contribution in [3.63, 3.8) is 0 Å². The van der Waals surface area contributed by atoms with E-state index in [1.807, 2.05) is 6.92 Å². The maximum atomic E-state index is 12.0. The summed E-state index contributed by atoms with van der Waals surface area (Å²) in [5.41, 5.74) is 0.941. The number of alkyl halides is 3. The summed E-state index contributed by atoms with van der Waals surface area (Å²) in [7, 11) is -1.50. The molecule has 0 unspecified atom stereocenters. The topological polar surface area (TPSA) is 22.1 Å². The van der Waals surface area contributed by atoms with Gasteiger partial charge in [0.25, 0.3) is 0 Å². The first-order valence-electron chi connectivity index (χ1n) is 5.26. The van der Waals surface area contributed by atoms with Gasteiger partial charge in [0.2, 0.25) is 5.88 Å². The number of ether oxygens (including phenoxy) is 1. The number of hydrogen-bond acceptors (Lipinski definition) is 2. The van der Waals surface area contributed by atoms with Crippen LogP contribution in [0.25, 0.3) is 0 Å². The number of pyridine rings is 1. The van der Waals surface area contributed by atoms with Gasteiger partial charge in [-0.2, -0.15) is 13.2 Å². The second-order valence-electron chi connectivity index (χ2n) is 4.99. The van der Waals surface area contributed by atoms with Crippen molar-refractivity contribution < 1.29 is 17.9 Å². The standard InChI is InChI=1S/C11H16F3NOSi/c1-8-5-10(16-7-11(12,13)14)15-6-9(8)17(2,3)4/h5-6H,7H2,1-4H3. The average molecular weight is 263 g/mol. The van der Waals surface area contributed by atoms with Crippen molar-refractivity contribution in [3.8, 4) is 5.88 Å². The van der Waals surface area contributed by atoms with E-state index in [4.69, 9.17) is 0 Å². The minimum Gasteiger partial charge on any atom is -0.468 e. The summed E-state index contributed by atoms with van der Waals surface area (Å²) in [6, 6.07) is 1.57. The van der Waals surface area contributed by atoms with E-state index in [9.17, 15) is 13.2 Å². The van der Waals surface area contributed by atoms with Gasteiger partial charge in [-0.25, -0.2) is 4.98 Å². The highest BCUT2D eigenvalue weighted by molar-refractivity contribution is 6.89. The number of rotatable bonds is 3. The molecule has 2 nitrogen and oxygen atoms in total. The van der Waals surface area contributed by atoms with Crippen LogP contribution >= 0.6 is 0 Å². The van der Waals surface area contributed by atoms with Crippen LogP contribution in [-0.4, -0.2) is 25.8 Å². The van der Waals surface area contributed by atoms with Crippen molar-refractivity contribution in [2.45, 2.75) is 32.7 Å². The summed E-state index contributed by atoms with van der Waals surface area (Å²) in [6.07, 6.45) is -2.69. The number of halogens is 3. The van der Waals surface area contributed by atoms with E-state index >= 15 is 0 Å². The zero-order chi connectivity index (χ0) is 13.3. The van der Waals surface area contributed by atoms with Gasteiger partial charge in [0.1, 0.15) is 0 Å². The Morgan fingerprint density at radius 1 is 1.29 bits per heavy atom. The second kappa shape index (κ2) is 4.68. The number of nitrogens with zero attached hydrogens (tertiary/aromatic N) is 1. The zero-order valence-electron chi connectivity index (χ0n) is 10.4. The highest BCUT2D eigenvalue weighted by atomic mass is 28.3. The minimum absolute atomic E-state index is 0.0295. The maximum Gasteiger partial charge on any atom is 0.422 e. The van der Waals surface area contributed by atoms with Crippen molar-refractivity contribution in [2.75, 3.05) is 6.61 Å². The molecule has 0 amide bonds. The van der Waals surface area contributed by atoms with Crippen LogP contribution in [0.3, 0.4) is 0 Å². The first kappa shape index (κ1) is 14.0. The largest absolute Gasteiger partial charge is 0.468 e. The molecule has 0 aromatic carbocycles. The molecular weight excluding hydrogens is 247 g/mol. The Hall–Kier alpha value is -1.04. The molecule has 0 fully saturated rings. The number of aryl methyl sites for hydroxylation is 1. The Morgan fingerprint density at radius 2 is 1.88 bits per heavy atom. The van der Waals surface area contributed by atoms with Gasteiger partial charge < -0.3 is 4.74 Å². The fraction of sp³-hybridized carbons (Fsp3) is 0.545. The molecule has 0 radical (unpaired) electrons. The lowest BCUT2D eigenvalue weighted by Crippen LogP contribution is -2.39. The first-order valence-corrected chi connectivity index (χ1v) is 8.76. The van der Waals surface area contributed by atoms with E-state index in [0.717, 1.165) is 10.8 Å². The van der Waals surface area contributed by atoms with Crippen molar-refractivity contribution >= 4 is 13.3 Å². The molecule has 1 rings (SSSR count). The summed E-state index contributed by atoms with van der Waals surface area (Å²) in [4.78, 5) is 3.92. The SMILES string of the molecule is Cc1cc(OCC(F)(F)F)ncc1[Si](C)(C)C. The van der Waals surface area contributed by atoms with E-state index in [1.54, 1.807) is 12.3 Å². The summed E-state index contributed by atoms with van der Waals surface area (Å²) < 4.78 is 40.5. The molecule has 6 heteroatoms. The lowest BCUT2D eigenvalue weighted by atomic mass is 10.3. The predicted molar refractivity (Wildman–Crippen MR) is 63.5 cm³/mol. The van der Waals surface area contributed by atoms with Crippen LogP contribution in [0.2, 0.25) is 19.6 Å². The van der Waals surface area contributed by atoms with Crippen molar-refractivity contribution in [2.24, 2.45) is 0 Å². The van der Waals surface area contributed by atoms with Gasteiger partial charge in [-0.15, -0.1) is 0 Å². The van der Waals surface area contributed by atoms with Crippen LogP contribution in [0, 0.1) is 6.92 Å². The first-order chi connectivity index (χ1) is 7.59. The molecule has 0 bridgehead atoms. The van der Waals surface area contributed by atoms with Gasteiger partial charge in [-0.3, -0.25) is 0 Å². The van der Waals surface area contributed by atoms with Crippen LogP contribution in [0.15, 0.2) is 12.3 Å². The monoisotopic (exact) mass is 263 g/mol. The summed E-state index contributed by atoms with van der Waals surface area (Å²) in [5.74, 6) is 0.0295. The van der Waals surface area contributed by atoms with Crippen LogP contribution in [-0.2, 0) is 0 Å². The van der Waals surface area contributed by atoms with Crippen LogP contribution in [0.1, 0.15) is 5.56 Å². The fourth-order valence-corrected chi connectivity index (χ4v) is 3.26. The highest BCUT2D eigenvalue weighted by Gasteiger charge is 2.29. The maximum absolute atomic E-state index is 12.0. The number of hydrogen-bond donors (Lipinski definition) is 0. The van der Waals surface area contributed by atoms with Gasteiger partial charge in [0.15, 0.2) is 6.61 Å². The normalized spacial score (nSPS) is 12.6. The van der Waals surface area contributed by atoms with Gasteiger partial charge in [0, 0.05) is 12.3 Å². The predicted octanol–water partition coefficient (Wildman–Crippen LogP) is 2.88. The van der Waals surface area contributed by atoms with Crippen LogP contribution in [0.5, 0.6) is 5.88 Å². The van der Waals surface area contributed by atoms with Gasteiger partial charge in [-0.05, 0) is 17.7 Å². The van der Waals surface area contributed by atoms with E-state index < -0.39 is 20.9 Å². The van der Waals surface area contributed by atoms with E-state index in [0.29, 0.717) is 0 Å². The lowest BCUT2D eigenvalue weighted by Gasteiger charge is -2.19. The molecule has 1 aromatic rings. The van der Waals surface area contributed by atoms with Crippen LogP contribution < -0.4 is 9.92 Å². The third-order valence-electron chi connectivity index (χ3n) is 2.28. The third kappa shape index (κ3) is 4.38. The van der Waals surface area contributed by atoms with Crippen molar-refractivity contribution in [1.29, 1.82) is 0 Å². The molecule has 0 aliphatic carbocycles. The molecule has 1 aromatic heterocycles. The summed E-state index contributed by atoms with van der Waals surface area (Å²) in [6.45, 7) is 7.05. The molecule has 0 aliphatic rings. The Labute approximate surface area is 99.8 Å². The van der Waals surface area contributed by atoms with Gasteiger partial charge in [0.05, 0.1) is 8.07 Å². The molecule has 0 spiro atoms. The molecule has 0 N–H and O–H groups in total. The Bertz CT molecular complexity index is 399. The molecule has 0 aliphatic heterocycles. The summed E-state index contributed by atoms with van der Waals surface area (Å²) in [5, 5.41) is 1.14. The van der Waals surface area contributed by atoms with E-state index in [2.05, 4.69) is 29.4 Å². The van der Waals surface area contributed by atoms with E-state index in [1.165, 1.54) is 0 Å². The molecule has 1 heterocycles. The zero-order valence-corrected chi connectivity index (χ0v) is 11.4. The van der Waals surface area contributed by atoms with Crippen molar-refractivity contribution in [1.82, 2.24) is 4.98 Å². The number of aromatic nitrogens is 1. The van der Waals surface area contributed by atoms with Gasteiger partial charge >= 0.3 is 6.18 Å². The smallest absolute Gasteiger partial charge is 0.422 e. The van der Waals surface area contributed by atoms with Gasteiger partial charge in [-0.1, -0.05) is 19.6 Å². The Kier molecular flexibility index (Phi) is 3.86. The summed E-state index contributed by atoms with van der Waals surface area (Å²) >= 11 is 0. The van der Waals surface area contributed by atoms with E-state index in [-0.39, 0.29) is 5.88 Å². The molecular formula is C11H16F3NOSi. The molecule has 0 atom stereocenters. The molecule has 96 valence electrons. The molecule has 0 saturated carbocycles. The molecule has 17 heavy (non-hydrogen) atoms. The Morgan fingerprint density at radius 3 is 2.29 bits per heavy atom. The lowest BCUT2D eigenvalue weighted by molar-refractivity contribution is -0.154. The highest BCUT2D eigenvalue weighted by Crippen LogP contribution is 2.17. The average Bonchev–Trinajstić information content (AvgIpc) is 2.11. The second-order valence-corrected chi connectivity index (χ2v) is 10.0. The quantitative estimate of drug-likeness (QED) is 0.782. The van der Waals surface area contributed by atoms with Crippen LogP contribution in [0.4, 0.5) is 13.2 Å². The minimum atomic E-state index is -4.33. The Balaban J connectivity index is 2.83. The third-order valence-corrected chi connectivity index (χ3v) is 4.42. The van der Waals surface area contributed by atoms with Crippen molar-refractivity contribution in [3.05, 3.63) is 17.8 Å². The molecule has 0 saturated heterocycles.